The third-order valence-electron chi connectivity index (χ3n) is 5.62. The van der Waals surface area contributed by atoms with Crippen molar-refractivity contribution < 1.29 is 18.3 Å². The van der Waals surface area contributed by atoms with Gasteiger partial charge in [-0.05, 0) is 30.7 Å². The predicted octanol–water partition coefficient (Wildman–Crippen LogP) is 2.56. The van der Waals surface area contributed by atoms with Crippen LogP contribution in [0.25, 0.3) is 11.0 Å². The van der Waals surface area contributed by atoms with Gasteiger partial charge in [0, 0.05) is 39.8 Å². The minimum absolute atomic E-state index is 0.0718. The lowest BCUT2D eigenvalue weighted by Gasteiger charge is -2.36. The molecule has 2 aromatic heterocycles. The molecule has 1 amide bonds. The summed E-state index contributed by atoms with van der Waals surface area (Å²) in [6.45, 7) is 1.74. The summed E-state index contributed by atoms with van der Waals surface area (Å²) < 4.78 is 30.6. The lowest BCUT2D eigenvalue weighted by Crippen LogP contribution is -2.46. The number of nitrogens with one attached hydrogen (secondary N) is 2. The normalized spacial score (nSPS) is 14.6. The highest BCUT2D eigenvalue weighted by atomic mass is 35.5. The van der Waals surface area contributed by atoms with Crippen LogP contribution in [0.3, 0.4) is 0 Å². The Hall–Kier alpha value is -3.31. The number of piperazine rings is 1. The number of rotatable bonds is 6. The molecule has 0 radical (unpaired) electrons. The average Bonchev–Trinajstić information content (AvgIpc) is 2.80. The van der Waals surface area contributed by atoms with Crippen LogP contribution < -0.4 is 20.5 Å². The maximum atomic E-state index is 13.0. The number of aromatic nitrogens is 3. The molecule has 3 heterocycles. The molecule has 9 nitrogen and oxygen atoms in total. The number of H-pyrrole nitrogens is 1. The largest absolute Gasteiger partial charge is 0.432 e. The van der Waals surface area contributed by atoms with Crippen molar-refractivity contribution in [3.05, 3.63) is 56.7 Å². The molecule has 34 heavy (non-hydrogen) atoms. The van der Waals surface area contributed by atoms with E-state index in [1.54, 1.807) is 18.3 Å². The number of alkyl halides is 2. The highest BCUT2D eigenvalue weighted by Crippen LogP contribution is 2.28. The number of nitrogens with zero attached hydrogens (tertiary/aromatic N) is 4. The van der Waals surface area contributed by atoms with Crippen molar-refractivity contribution in [3.8, 4) is 5.75 Å². The van der Waals surface area contributed by atoms with Crippen LogP contribution in [0.1, 0.15) is 21.7 Å². The zero-order valence-corrected chi connectivity index (χ0v) is 19.3. The lowest BCUT2D eigenvalue weighted by molar-refractivity contribution is -0.0489. The van der Waals surface area contributed by atoms with E-state index >= 15 is 0 Å². The van der Waals surface area contributed by atoms with Gasteiger partial charge in [0.1, 0.15) is 16.9 Å². The monoisotopic (exact) mass is 492 g/mol. The Kier molecular flexibility index (Phi) is 6.94. The summed E-state index contributed by atoms with van der Waals surface area (Å²) in [6.07, 6.45) is 1.62. The van der Waals surface area contributed by atoms with Crippen LogP contribution >= 0.6 is 11.6 Å². The lowest BCUT2D eigenvalue weighted by atomic mass is 10.1. The molecule has 3 aromatic rings. The Balaban J connectivity index is 1.48. The zero-order chi connectivity index (χ0) is 24.4. The Morgan fingerprint density at radius 1 is 1.26 bits per heavy atom. The number of anilines is 1. The molecule has 12 heteroatoms. The first-order valence-electron chi connectivity index (χ1n) is 10.6. The quantitative estimate of drug-likeness (QED) is 0.545. The molecule has 1 aliphatic heterocycles. The molecule has 0 spiro atoms. The minimum atomic E-state index is -3.01. The fraction of sp³-hybridized carbons (Fsp3) is 0.364. The Morgan fingerprint density at radius 2 is 2.00 bits per heavy atom. The standard InChI is InChI=1S/C22H23ClF2N6O3/c1-12-20(32)29-16-7-13(8-17(19(16)28-12)34-22(24)25)11-30-3-5-31(6-4-30)14-9-15(23)18(27-10-14)21(33)26-2/h7-10,22H,3-6,11H2,1-2H3,(H,26,33)(H,29,32). The number of hydrogen-bond donors (Lipinski definition) is 2. The smallest absolute Gasteiger partial charge is 0.387 e. The van der Waals surface area contributed by atoms with Crippen LogP contribution in [-0.2, 0) is 6.54 Å². The van der Waals surface area contributed by atoms with E-state index in [2.05, 4.69) is 34.8 Å². The number of pyridine rings is 1. The van der Waals surface area contributed by atoms with E-state index in [0.717, 1.165) is 11.3 Å². The van der Waals surface area contributed by atoms with Crippen molar-refractivity contribution in [2.45, 2.75) is 20.1 Å². The maximum Gasteiger partial charge on any atom is 0.387 e. The van der Waals surface area contributed by atoms with E-state index in [0.29, 0.717) is 38.2 Å². The van der Waals surface area contributed by atoms with E-state index in [4.69, 9.17) is 11.6 Å². The van der Waals surface area contributed by atoms with Gasteiger partial charge in [0.05, 0.1) is 22.4 Å². The predicted molar refractivity (Wildman–Crippen MR) is 124 cm³/mol. The summed E-state index contributed by atoms with van der Waals surface area (Å²) in [6, 6.07) is 4.99. The van der Waals surface area contributed by atoms with Crippen molar-refractivity contribution in [2.24, 2.45) is 0 Å². The first-order valence-corrected chi connectivity index (χ1v) is 11.0. The first-order chi connectivity index (χ1) is 16.2. The third-order valence-corrected chi connectivity index (χ3v) is 5.91. The molecule has 180 valence electrons. The number of ether oxygens (including phenoxy) is 1. The highest BCUT2D eigenvalue weighted by molar-refractivity contribution is 6.33. The van der Waals surface area contributed by atoms with Crippen LogP contribution in [0.4, 0.5) is 14.5 Å². The molecule has 1 saturated heterocycles. The molecular formula is C22H23ClF2N6O3. The van der Waals surface area contributed by atoms with Gasteiger partial charge < -0.3 is 19.9 Å². The van der Waals surface area contributed by atoms with Gasteiger partial charge in [-0.1, -0.05) is 11.6 Å². The second-order valence-corrected chi connectivity index (χ2v) is 8.29. The summed E-state index contributed by atoms with van der Waals surface area (Å²) in [7, 11) is 1.51. The summed E-state index contributed by atoms with van der Waals surface area (Å²) >= 11 is 6.22. The van der Waals surface area contributed by atoms with Crippen LogP contribution in [0.15, 0.2) is 29.2 Å². The van der Waals surface area contributed by atoms with Crippen molar-refractivity contribution >= 4 is 34.2 Å². The second kappa shape index (κ2) is 9.90. The Morgan fingerprint density at radius 3 is 2.65 bits per heavy atom. The van der Waals surface area contributed by atoms with Gasteiger partial charge in [0.2, 0.25) is 0 Å². The molecule has 0 saturated carbocycles. The van der Waals surface area contributed by atoms with Gasteiger partial charge in [0.25, 0.3) is 11.5 Å². The molecule has 0 atom stereocenters. The highest BCUT2D eigenvalue weighted by Gasteiger charge is 2.21. The number of halogens is 3. The average molecular weight is 493 g/mol. The number of aryl methyl sites for hydroxylation is 1. The van der Waals surface area contributed by atoms with Crippen molar-refractivity contribution in [3.63, 3.8) is 0 Å². The molecule has 4 rings (SSSR count). The fourth-order valence-electron chi connectivity index (χ4n) is 3.89. The minimum Gasteiger partial charge on any atom is -0.432 e. The van der Waals surface area contributed by atoms with Gasteiger partial charge in [-0.25, -0.2) is 9.97 Å². The summed E-state index contributed by atoms with van der Waals surface area (Å²) in [4.78, 5) is 39.0. The Labute approximate surface area is 198 Å². The van der Waals surface area contributed by atoms with Gasteiger partial charge >= 0.3 is 6.61 Å². The number of fused-ring (bicyclic) bond motifs is 1. The van der Waals surface area contributed by atoms with Crippen LogP contribution in [0.5, 0.6) is 5.75 Å². The molecule has 2 N–H and O–H groups in total. The van der Waals surface area contributed by atoms with Gasteiger partial charge in [-0.15, -0.1) is 0 Å². The number of aromatic amines is 1. The van der Waals surface area contributed by atoms with E-state index < -0.39 is 6.61 Å². The fourth-order valence-corrected chi connectivity index (χ4v) is 4.14. The SMILES string of the molecule is CNC(=O)c1ncc(N2CCN(Cc3cc(OC(F)F)c4nc(C)c(=O)[nH]c4c3)CC2)cc1Cl. The molecule has 0 bridgehead atoms. The van der Waals surface area contributed by atoms with E-state index in [-0.39, 0.29) is 39.1 Å². The molecule has 1 fully saturated rings. The number of benzene rings is 1. The van der Waals surface area contributed by atoms with Crippen molar-refractivity contribution in [1.29, 1.82) is 0 Å². The number of hydrogen-bond acceptors (Lipinski definition) is 7. The second-order valence-electron chi connectivity index (χ2n) is 7.89. The maximum absolute atomic E-state index is 13.0. The van der Waals surface area contributed by atoms with Crippen molar-refractivity contribution in [2.75, 3.05) is 38.1 Å². The van der Waals surface area contributed by atoms with Gasteiger partial charge in [-0.2, -0.15) is 8.78 Å². The van der Waals surface area contributed by atoms with E-state index in [9.17, 15) is 18.4 Å². The van der Waals surface area contributed by atoms with Gasteiger partial charge in [0.15, 0.2) is 5.75 Å². The topological polar surface area (TPSA) is 103 Å². The molecular weight excluding hydrogens is 470 g/mol. The summed E-state index contributed by atoms with van der Waals surface area (Å²) in [5.74, 6) is -0.420. The number of amides is 1. The molecule has 0 unspecified atom stereocenters. The van der Waals surface area contributed by atoms with Crippen LogP contribution in [-0.4, -0.2) is 65.6 Å². The van der Waals surface area contributed by atoms with Crippen LogP contribution in [0, 0.1) is 6.92 Å². The van der Waals surface area contributed by atoms with Crippen LogP contribution in [0.2, 0.25) is 5.02 Å². The number of carbonyl (C=O) groups is 1. The van der Waals surface area contributed by atoms with E-state index in [1.165, 1.54) is 20.0 Å². The third kappa shape index (κ3) is 5.10. The van der Waals surface area contributed by atoms with Gasteiger partial charge in [-0.3, -0.25) is 14.5 Å². The zero-order valence-electron chi connectivity index (χ0n) is 18.6. The Bertz CT molecular complexity index is 1280. The molecule has 1 aliphatic rings. The first kappa shape index (κ1) is 23.8. The number of carbonyl (C=O) groups excluding carboxylic acids is 1. The molecule has 0 aliphatic carbocycles. The summed E-state index contributed by atoms with van der Waals surface area (Å²) in [5.41, 5.74) is 2.04. The summed E-state index contributed by atoms with van der Waals surface area (Å²) in [5, 5.41) is 2.78. The molecule has 1 aromatic carbocycles. The van der Waals surface area contributed by atoms with Crippen molar-refractivity contribution in [1.82, 2.24) is 25.2 Å². The van der Waals surface area contributed by atoms with E-state index in [1.807, 2.05) is 0 Å².